The summed E-state index contributed by atoms with van der Waals surface area (Å²) in [5.74, 6) is 2.67. The van der Waals surface area contributed by atoms with E-state index in [-0.39, 0.29) is 24.0 Å². The standard InChI is InChI=1S/C16H30N4OS.HI/c1-13(2)10-20-7-4-14(5-8-20)19-15(17-3)18-11-16(21)6-9-22-12-16;/h14,21H,1,4-12H2,2-3H3,(H2,17,18,19);1H. The first-order chi connectivity index (χ1) is 10.5. The lowest BCUT2D eigenvalue weighted by Crippen LogP contribution is -2.52. The second kappa shape index (κ2) is 10.1. The zero-order valence-corrected chi connectivity index (χ0v) is 17.5. The number of nitrogens with one attached hydrogen (secondary N) is 2. The Kier molecular flexibility index (Phi) is 9.25. The number of nitrogens with zero attached hydrogens (tertiary/aromatic N) is 2. The maximum Gasteiger partial charge on any atom is 0.191 e. The van der Waals surface area contributed by atoms with Crippen LogP contribution in [-0.2, 0) is 0 Å². The van der Waals surface area contributed by atoms with Crippen molar-refractivity contribution in [2.45, 2.75) is 37.8 Å². The van der Waals surface area contributed by atoms with Gasteiger partial charge in [0.25, 0.3) is 0 Å². The third-order valence-corrected chi connectivity index (χ3v) is 5.55. The van der Waals surface area contributed by atoms with Gasteiger partial charge in [-0.25, -0.2) is 0 Å². The minimum Gasteiger partial charge on any atom is -0.387 e. The topological polar surface area (TPSA) is 59.9 Å². The van der Waals surface area contributed by atoms with Crippen molar-refractivity contribution in [3.8, 4) is 0 Å². The van der Waals surface area contributed by atoms with Crippen LogP contribution < -0.4 is 10.6 Å². The molecule has 1 unspecified atom stereocenters. The number of aliphatic hydroxyl groups is 1. The molecule has 0 bridgehead atoms. The lowest BCUT2D eigenvalue weighted by Gasteiger charge is -2.33. The highest BCUT2D eigenvalue weighted by atomic mass is 127. The zero-order chi connectivity index (χ0) is 16.0. The summed E-state index contributed by atoms with van der Waals surface area (Å²) in [7, 11) is 1.79. The molecule has 2 saturated heterocycles. The molecule has 0 spiro atoms. The van der Waals surface area contributed by atoms with E-state index in [1.54, 1.807) is 7.05 Å². The highest BCUT2D eigenvalue weighted by Gasteiger charge is 2.32. The fraction of sp³-hybridized carbons (Fsp3) is 0.812. The normalized spacial score (nSPS) is 26.7. The van der Waals surface area contributed by atoms with E-state index in [1.807, 2.05) is 11.8 Å². The molecule has 0 aliphatic carbocycles. The molecular weight excluding hydrogens is 423 g/mol. The molecule has 2 heterocycles. The lowest BCUT2D eigenvalue weighted by molar-refractivity contribution is 0.0723. The largest absolute Gasteiger partial charge is 0.387 e. The van der Waals surface area contributed by atoms with Crippen molar-refractivity contribution in [1.82, 2.24) is 15.5 Å². The first kappa shape index (κ1) is 21.1. The minimum absolute atomic E-state index is 0. The summed E-state index contributed by atoms with van der Waals surface area (Å²) in [6.07, 6.45) is 3.10. The summed E-state index contributed by atoms with van der Waals surface area (Å²) in [6, 6.07) is 0.458. The van der Waals surface area contributed by atoms with Crippen LogP contribution in [0.3, 0.4) is 0 Å². The molecule has 0 aromatic rings. The van der Waals surface area contributed by atoms with Gasteiger partial charge >= 0.3 is 0 Å². The summed E-state index contributed by atoms with van der Waals surface area (Å²) >= 11 is 1.82. The maximum absolute atomic E-state index is 10.4. The van der Waals surface area contributed by atoms with Gasteiger partial charge in [0.15, 0.2) is 5.96 Å². The Morgan fingerprint density at radius 1 is 1.43 bits per heavy atom. The Hall–Kier alpha value is 0.01000. The average Bonchev–Trinajstić information content (AvgIpc) is 2.92. The number of rotatable bonds is 5. The first-order valence-corrected chi connectivity index (χ1v) is 9.30. The van der Waals surface area contributed by atoms with Crippen molar-refractivity contribution in [1.29, 1.82) is 0 Å². The Labute approximate surface area is 161 Å². The summed E-state index contributed by atoms with van der Waals surface area (Å²) in [5, 5.41) is 17.2. The third-order valence-electron chi connectivity index (χ3n) is 4.31. The van der Waals surface area contributed by atoms with Gasteiger partial charge < -0.3 is 15.7 Å². The molecule has 0 amide bonds. The molecule has 2 fully saturated rings. The summed E-state index contributed by atoms with van der Waals surface area (Å²) in [5.41, 5.74) is 0.652. The molecule has 2 aliphatic rings. The van der Waals surface area contributed by atoms with Crippen LogP contribution in [0.1, 0.15) is 26.2 Å². The van der Waals surface area contributed by atoms with Crippen molar-refractivity contribution < 1.29 is 5.11 Å². The Balaban J connectivity index is 0.00000264. The molecule has 3 N–H and O–H groups in total. The van der Waals surface area contributed by atoms with Gasteiger partial charge in [-0.2, -0.15) is 11.8 Å². The molecule has 2 aliphatic heterocycles. The number of aliphatic imine (C=N–C) groups is 1. The van der Waals surface area contributed by atoms with Crippen LogP contribution in [-0.4, -0.2) is 72.3 Å². The molecule has 134 valence electrons. The Morgan fingerprint density at radius 2 is 2.13 bits per heavy atom. The van der Waals surface area contributed by atoms with Crippen molar-refractivity contribution in [2.75, 3.05) is 44.7 Å². The van der Waals surface area contributed by atoms with Crippen LogP contribution >= 0.6 is 35.7 Å². The molecule has 2 rings (SSSR count). The van der Waals surface area contributed by atoms with Crippen LogP contribution in [0.15, 0.2) is 17.1 Å². The van der Waals surface area contributed by atoms with E-state index in [4.69, 9.17) is 0 Å². The Morgan fingerprint density at radius 3 is 2.65 bits per heavy atom. The van der Waals surface area contributed by atoms with Crippen LogP contribution in [0.5, 0.6) is 0 Å². The van der Waals surface area contributed by atoms with Crippen molar-refractivity contribution in [3.05, 3.63) is 12.2 Å². The van der Waals surface area contributed by atoms with Crippen LogP contribution in [0.4, 0.5) is 0 Å². The van der Waals surface area contributed by atoms with Gasteiger partial charge in [-0.15, -0.1) is 24.0 Å². The quantitative estimate of drug-likeness (QED) is 0.256. The minimum atomic E-state index is -0.576. The highest BCUT2D eigenvalue weighted by Crippen LogP contribution is 2.26. The van der Waals surface area contributed by atoms with Crippen LogP contribution in [0, 0.1) is 0 Å². The number of halogens is 1. The predicted octanol–water partition coefficient (Wildman–Crippen LogP) is 1.68. The second-order valence-corrected chi connectivity index (χ2v) is 7.71. The maximum atomic E-state index is 10.4. The molecule has 5 nitrogen and oxygen atoms in total. The van der Waals surface area contributed by atoms with Crippen LogP contribution in [0.2, 0.25) is 0 Å². The van der Waals surface area contributed by atoms with E-state index in [1.165, 1.54) is 5.57 Å². The number of piperidine rings is 1. The summed E-state index contributed by atoms with van der Waals surface area (Å²) in [4.78, 5) is 6.74. The number of hydrogen-bond donors (Lipinski definition) is 3. The van der Waals surface area contributed by atoms with E-state index in [0.29, 0.717) is 12.6 Å². The molecule has 0 radical (unpaired) electrons. The van der Waals surface area contributed by atoms with Crippen molar-refractivity contribution >= 4 is 41.7 Å². The van der Waals surface area contributed by atoms with Crippen molar-refractivity contribution in [3.63, 3.8) is 0 Å². The van der Waals surface area contributed by atoms with Gasteiger partial charge in [-0.3, -0.25) is 9.89 Å². The van der Waals surface area contributed by atoms with Gasteiger partial charge in [0, 0.05) is 45.0 Å². The number of hydrogen-bond acceptors (Lipinski definition) is 4. The van der Waals surface area contributed by atoms with E-state index in [2.05, 4.69) is 34.0 Å². The molecule has 23 heavy (non-hydrogen) atoms. The third kappa shape index (κ3) is 7.19. The smallest absolute Gasteiger partial charge is 0.191 e. The molecule has 0 saturated carbocycles. The van der Waals surface area contributed by atoms with E-state index >= 15 is 0 Å². The fourth-order valence-electron chi connectivity index (χ4n) is 2.99. The van der Waals surface area contributed by atoms with Gasteiger partial charge in [0.05, 0.1) is 5.60 Å². The SMILES string of the molecule is C=C(C)CN1CCC(NC(=NC)NCC2(O)CCSC2)CC1.I. The van der Waals surface area contributed by atoms with E-state index < -0.39 is 5.60 Å². The number of likely N-dealkylation sites (tertiary alicyclic amines) is 1. The predicted molar refractivity (Wildman–Crippen MR) is 111 cm³/mol. The average molecular weight is 454 g/mol. The summed E-state index contributed by atoms with van der Waals surface area (Å²) in [6.45, 7) is 9.85. The molecular formula is C16H31IN4OS. The van der Waals surface area contributed by atoms with Gasteiger partial charge in [0.2, 0.25) is 0 Å². The van der Waals surface area contributed by atoms with Gasteiger partial charge in [0.1, 0.15) is 0 Å². The van der Waals surface area contributed by atoms with Gasteiger partial charge in [-0.05, 0) is 31.9 Å². The monoisotopic (exact) mass is 454 g/mol. The second-order valence-electron chi connectivity index (χ2n) is 6.60. The first-order valence-electron chi connectivity index (χ1n) is 8.15. The summed E-state index contributed by atoms with van der Waals surface area (Å²) < 4.78 is 0. The fourth-order valence-corrected chi connectivity index (χ4v) is 4.28. The molecule has 1 atom stereocenters. The lowest BCUT2D eigenvalue weighted by atomic mass is 10.0. The molecule has 7 heteroatoms. The number of guanidine groups is 1. The van der Waals surface area contributed by atoms with Crippen LogP contribution in [0.25, 0.3) is 0 Å². The number of thioether (sulfide) groups is 1. The highest BCUT2D eigenvalue weighted by molar-refractivity contribution is 14.0. The van der Waals surface area contributed by atoms with Crippen molar-refractivity contribution in [2.24, 2.45) is 4.99 Å². The van der Waals surface area contributed by atoms with E-state index in [9.17, 15) is 5.11 Å². The molecule has 0 aromatic heterocycles. The zero-order valence-electron chi connectivity index (χ0n) is 14.3. The van der Waals surface area contributed by atoms with Gasteiger partial charge in [-0.1, -0.05) is 12.2 Å². The van der Waals surface area contributed by atoms with E-state index in [0.717, 1.165) is 56.4 Å². The Bertz CT molecular complexity index is 405. The molecule has 0 aromatic carbocycles.